The third-order valence-corrected chi connectivity index (χ3v) is 2.41. The predicted octanol–water partition coefficient (Wildman–Crippen LogP) is -1.06. The molecule has 7 heteroatoms. The first-order valence-electron chi connectivity index (χ1n) is 5.01. The Balaban J connectivity index is 3.12. The Morgan fingerprint density at radius 3 is 2.44 bits per heavy atom. The summed E-state index contributed by atoms with van der Waals surface area (Å²) in [4.78, 5) is 22.1. The number of ether oxygens (including phenoxy) is 1. The number of amides is 1. The number of esters is 1. The van der Waals surface area contributed by atoms with Crippen LogP contribution in [0.15, 0.2) is 18.2 Å². The molecular formula is C11H14N2O5. The summed E-state index contributed by atoms with van der Waals surface area (Å²) in [7, 11) is 1.18. The van der Waals surface area contributed by atoms with Crippen LogP contribution in [0.4, 0.5) is 5.69 Å². The molecule has 1 aromatic carbocycles. The number of nitrogen functional groups attached to an aromatic ring is 1. The van der Waals surface area contributed by atoms with Crippen molar-refractivity contribution in [3.8, 4) is 0 Å². The van der Waals surface area contributed by atoms with E-state index in [4.69, 9.17) is 11.5 Å². The molecule has 1 rings (SSSR count). The number of nitrogens with two attached hydrogens (primary N) is 2. The van der Waals surface area contributed by atoms with Crippen molar-refractivity contribution in [3.63, 3.8) is 0 Å². The molecule has 1 aromatic rings. The van der Waals surface area contributed by atoms with Crippen molar-refractivity contribution in [2.75, 3.05) is 12.8 Å². The Morgan fingerprint density at radius 1 is 1.33 bits per heavy atom. The molecule has 0 aliphatic heterocycles. The van der Waals surface area contributed by atoms with Crippen LogP contribution in [0.25, 0.3) is 0 Å². The van der Waals surface area contributed by atoms with Gasteiger partial charge < -0.3 is 26.4 Å². The molecule has 0 spiro atoms. The van der Waals surface area contributed by atoms with Gasteiger partial charge in [0, 0.05) is 5.69 Å². The van der Waals surface area contributed by atoms with Crippen molar-refractivity contribution in [3.05, 3.63) is 29.3 Å². The molecule has 0 saturated carbocycles. The van der Waals surface area contributed by atoms with E-state index in [1.807, 2.05) is 0 Å². The maximum Gasteiger partial charge on any atom is 0.339 e. The average Bonchev–Trinajstić information content (AvgIpc) is 2.36. The molecule has 0 fully saturated rings. The Morgan fingerprint density at radius 2 is 1.94 bits per heavy atom. The number of anilines is 1. The summed E-state index contributed by atoms with van der Waals surface area (Å²) < 4.78 is 4.51. The van der Waals surface area contributed by atoms with E-state index in [0.29, 0.717) is 0 Å². The molecule has 0 saturated heterocycles. The van der Waals surface area contributed by atoms with Crippen molar-refractivity contribution < 1.29 is 24.5 Å². The molecule has 0 heterocycles. The van der Waals surface area contributed by atoms with Gasteiger partial charge in [0.05, 0.1) is 12.7 Å². The first kappa shape index (κ1) is 13.9. The van der Waals surface area contributed by atoms with E-state index in [0.717, 1.165) is 0 Å². The van der Waals surface area contributed by atoms with E-state index in [9.17, 15) is 19.8 Å². The van der Waals surface area contributed by atoms with Gasteiger partial charge in [-0.3, -0.25) is 4.79 Å². The summed E-state index contributed by atoms with van der Waals surface area (Å²) in [5.74, 6) is -1.76. The van der Waals surface area contributed by atoms with Crippen LogP contribution in [0.5, 0.6) is 0 Å². The first-order valence-corrected chi connectivity index (χ1v) is 5.01. The molecule has 7 nitrogen and oxygen atoms in total. The Labute approximate surface area is 103 Å². The van der Waals surface area contributed by atoms with Gasteiger partial charge in [0.2, 0.25) is 5.91 Å². The highest BCUT2D eigenvalue weighted by Gasteiger charge is 2.24. The van der Waals surface area contributed by atoms with E-state index in [1.165, 1.54) is 25.3 Å². The van der Waals surface area contributed by atoms with Gasteiger partial charge in [0.15, 0.2) is 6.10 Å². The van der Waals surface area contributed by atoms with Crippen LogP contribution < -0.4 is 11.5 Å². The smallest absolute Gasteiger partial charge is 0.339 e. The largest absolute Gasteiger partial charge is 0.465 e. The number of hydrogen-bond acceptors (Lipinski definition) is 6. The van der Waals surface area contributed by atoms with Crippen LogP contribution in [0.1, 0.15) is 22.0 Å². The molecule has 0 aliphatic rings. The van der Waals surface area contributed by atoms with Crippen molar-refractivity contribution in [2.45, 2.75) is 12.2 Å². The predicted molar refractivity (Wildman–Crippen MR) is 62.4 cm³/mol. The van der Waals surface area contributed by atoms with E-state index in [1.54, 1.807) is 0 Å². The summed E-state index contributed by atoms with van der Waals surface area (Å²) in [5, 5.41) is 19.0. The van der Waals surface area contributed by atoms with E-state index in [-0.39, 0.29) is 16.8 Å². The molecule has 98 valence electrons. The molecule has 0 bridgehead atoms. The van der Waals surface area contributed by atoms with Crippen molar-refractivity contribution in [2.24, 2.45) is 5.73 Å². The Kier molecular flexibility index (Phi) is 4.24. The molecular weight excluding hydrogens is 240 g/mol. The van der Waals surface area contributed by atoms with Crippen LogP contribution in [-0.4, -0.2) is 35.3 Å². The van der Waals surface area contributed by atoms with E-state index >= 15 is 0 Å². The maximum absolute atomic E-state index is 11.4. The highest BCUT2D eigenvalue weighted by atomic mass is 16.5. The highest BCUT2D eigenvalue weighted by molar-refractivity contribution is 5.95. The molecule has 0 aromatic heterocycles. The first-order chi connectivity index (χ1) is 8.38. The summed E-state index contributed by atoms with van der Waals surface area (Å²) in [6.45, 7) is 0. The number of aliphatic hydroxyl groups excluding tert-OH is 2. The fraction of sp³-hybridized carbons (Fsp3) is 0.273. The lowest BCUT2D eigenvalue weighted by molar-refractivity contribution is -0.131. The fourth-order valence-electron chi connectivity index (χ4n) is 1.38. The molecule has 2 atom stereocenters. The van der Waals surface area contributed by atoms with Gasteiger partial charge in [-0.2, -0.15) is 0 Å². The van der Waals surface area contributed by atoms with Gasteiger partial charge in [-0.1, -0.05) is 6.07 Å². The lowest BCUT2D eigenvalue weighted by Gasteiger charge is -2.16. The van der Waals surface area contributed by atoms with Crippen LogP contribution in [0, 0.1) is 0 Å². The zero-order chi connectivity index (χ0) is 13.9. The van der Waals surface area contributed by atoms with E-state index < -0.39 is 24.1 Å². The number of aliphatic hydroxyl groups is 2. The maximum atomic E-state index is 11.4. The SMILES string of the molecule is COC(=O)c1cc(C(O)C(O)C(N)=O)ccc1N. The number of methoxy groups -OCH3 is 1. The second kappa shape index (κ2) is 5.48. The van der Waals surface area contributed by atoms with Gasteiger partial charge in [0.1, 0.15) is 6.10 Å². The standard InChI is InChI=1S/C11H14N2O5/c1-18-11(17)6-4-5(2-3-7(6)12)8(14)9(15)10(13)16/h2-4,8-9,14-15H,12H2,1H3,(H2,13,16). The zero-order valence-corrected chi connectivity index (χ0v) is 9.66. The van der Waals surface area contributed by atoms with Gasteiger partial charge in [0.25, 0.3) is 0 Å². The average molecular weight is 254 g/mol. The van der Waals surface area contributed by atoms with Crippen LogP contribution in [0.3, 0.4) is 0 Å². The van der Waals surface area contributed by atoms with Crippen LogP contribution >= 0.6 is 0 Å². The molecule has 1 amide bonds. The molecule has 2 unspecified atom stereocenters. The third-order valence-electron chi connectivity index (χ3n) is 2.41. The lowest BCUT2D eigenvalue weighted by Crippen LogP contribution is -2.33. The zero-order valence-electron chi connectivity index (χ0n) is 9.66. The van der Waals surface area contributed by atoms with Gasteiger partial charge in [-0.15, -0.1) is 0 Å². The van der Waals surface area contributed by atoms with Gasteiger partial charge in [-0.25, -0.2) is 4.79 Å². The minimum atomic E-state index is -1.76. The highest BCUT2D eigenvalue weighted by Crippen LogP contribution is 2.22. The number of rotatable bonds is 4. The minimum absolute atomic E-state index is 0.0331. The second-order valence-corrected chi connectivity index (χ2v) is 3.63. The van der Waals surface area contributed by atoms with Crippen molar-refractivity contribution in [1.29, 1.82) is 0 Å². The van der Waals surface area contributed by atoms with Crippen molar-refractivity contribution >= 4 is 17.6 Å². The molecule has 6 N–H and O–H groups in total. The summed E-state index contributed by atoms with van der Waals surface area (Å²) in [5.41, 5.74) is 10.8. The third kappa shape index (κ3) is 2.76. The topological polar surface area (TPSA) is 136 Å². The summed E-state index contributed by atoms with van der Waals surface area (Å²) >= 11 is 0. The number of primary amides is 1. The Hall–Kier alpha value is -2.12. The van der Waals surface area contributed by atoms with Crippen molar-refractivity contribution in [1.82, 2.24) is 0 Å². The number of benzene rings is 1. The molecule has 0 aliphatic carbocycles. The van der Waals surface area contributed by atoms with Gasteiger partial charge >= 0.3 is 5.97 Å². The number of carbonyl (C=O) groups excluding carboxylic acids is 2. The fourth-order valence-corrected chi connectivity index (χ4v) is 1.38. The van der Waals surface area contributed by atoms with E-state index in [2.05, 4.69) is 4.74 Å². The molecule has 18 heavy (non-hydrogen) atoms. The van der Waals surface area contributed by atoms with Crippen LogP contribution in [0.2, 0.25) is 0 Å². The molecule has 0 radical (unpaired) electrons. The van der Waals surface area contributed by atoms with Crippen LogP contribution in [-0.2, 0) is 9.53 Å². The number of carbonyl (C=O) groups is 2. The minimum Gasteiger partial charge on any atom is -0.465 e. The second-order valence-electron chi connectivity index (χ2n) is 3.63. The Bertz CT molecular complexity index is 475. The number of hydrogen-bond donors (Lipinski definition) is 4. The summed E-state index contributed by atoms with van der Waals surface area (Å²) in [6, 6.07) is 3.97. The normalized spacial score (nSPS) is 13.7. The quantitative estimate of drug-likeness (QED) is 0.399. The lowest BCUT2D eigenvalue weighted by atomic mass is 10.0. The monoisotopic (exact) mass is 254 g/mol. The van der Waals surface area contributed by atoms with Gasteiger partial charge in [-0.05, 0) is 17.7 Å². The summed E-state index contributed by atoms with van der Waals surface area (Å²) in [6.07, 6.45) is -3.30.